The first-order valence-corrected chi connectivity index (χ1v) is 7.09. The summed E-state index contributed by atoms with van der Waals surface area (Å²) in [7, 11) is 0. The zero-order valence-electron chi connectivity index (χ0n) is 11.7. The molecule has 0 heterocycles. The molecule has 2 aromatic rings. The third kappa shape index (κ3) is 2.13. The fourth-order valence-corrected chi connectivity index (χ4v) is 3.55. The van der Waals surface area contributed by atoms with E-state index in [1.165, 1.54) is 35.4 Å². The SMILES string of the molecule is CC1C(C)[C@H](c2ccc(F)cc2)C1c1ccc(F)cc1. The Kier molecular flexibility index (Phi) is 3.33. The molecule has 0 spiro atoms. The van der Waals surface area contributed by atoms with E-state index >= 15 is 0 Å². The Balaban J connectivity index is 1.93. The Morgan fingerprint density at radius 3 is 1.20 bits per heavy atom. The van der Waals surface area contributed by atoms with Gasteiger partial charge in [0.2, 0.25) is 0 Å². The normalized spacial score (nSPS) is 29.0. The lowest BCUT2D eigenvalue weighted by atomic mass is 9.54. The highest BCUT2D eigenvalue weighted by Gasteiger charge is 2.46. The molecule has 0 N–H and O–H groups in total. The monoisotopic (exact) mass is 272 g/mol. The topological polar surface area (TPSA) is 0 Å². The van der Waals surface area contributed by atoms with E-state index in [0.717, 1.165) is 0 Å². The molecular weight excluding hydrogens is 254 g/mol. The predicted molar refractivity (Wildman–Crippen MR) is 76.6 cm³/mol. The first-order valence-electron chi connectivity index (χ1n) is 7.09. The maximum absolute atomic E-state index is 13.1. The molecule has 104 valence electrons. The summed E-state index contributed by atoms with van der Waals surface area (Å²) in [5, 5.41) is 0. The van der Waals surface area contributed by atoms with Gasteiger partial charge in [-0.15, -0.1) is 0 Å². The van der Waals surface area contributed by atoms with Crippen molar-refractivity contribution in [2.75, 3.05) is 0 Å². The summed E-state index contributed by atoms with van der Waals surface area (Å²) in [6.07, 6.45) is 0. The van der Waals surface area contributed by atoms with Crippen molar-refractivity contribution in [1.29, 1.82) is 0 Å². The van der Waals surface area contributed by atoms with E-state index in [1.54, 1.807) is 0 Å². The van der Waals surface area contributed by atoms with Gasteiger partial charge in [0.25, 0.3) is 0 Å². The van der Waals surface area contributed by atoms with Crippen LogP contribution in [-0.4, -0.2) is 0 Å². The molecule has 3 rings (SSSR count). The molecule has 4 atom stereocenters. The van der Waals surface area contributed by atoms with Gasteiger partial charge in [0.1, 0.15) is 11.6 Å². The largest absolute Gasteiger partial charge is 0.207 e. The van der Waals surface area contributed by atoms with Gasteiger partial charge in [-0.25, -0.2) is 8.78 Å². The summed E-state index contributed by atoms with van der Waals surface area (Å²) in [6.45, 7) is 4.47. The summed E-state index contributed by atoms with van der Waals surface area (Å²) in [4.78, 5) is 0. The molecule has 2 heteroatoms. The van der Waals surface area contributed by atoms with Gasteiger partial charge in [-0.05, 0) is 59.1 Å². The van der Waals surface area contributed by atoms with Crippen LogP contribution in [0.3, 0.4) is 0 Å². The Bertz CT molecular complexity index is 530. The van der Waals surface area contributed by atoms with Crippen LogP contribution in [-0.2, 0) is 0 Å². The van der Waals surface area contributed by atoms with Crippen molar-refractivity contribution >= 4 is 0 Å². The third-order valence-corrected chi connectivity index (χ3v) is 4.86. The second-order valence-electron chi connectivity index (χ2n) is 5.87. The van der Waals surface area contributed by atoms with Crippen molar-refractivity contribution in [2.45, 2.75) is 25.7 Å². The molecule has 2 aromatic carbocycles. The molecule has 0 amide bonds. The van der Waals surface area contributed by atoms with Gasteiger partial charge in [0.05, 0.1) is 0 Å². The first-order chi connectivity index (χ1) is 9.58. The lowest BCUT2D eigenvalue weighted by molar-refractivity contribution is 0.122. The molecule has 0 bridgehead atoms. The second kappa shape index (κ2) is 5.01. The minimum Gasteiger partial charge on any atom is -0.207 e. The van der Waals surface area contributed by atoms with Crippen LogP contribution in [0.2, 0.25) is 0 Å². The fraction of sp³-hybridized carbons (Fsp3) is 0.333. The Morgan fingerprint density at radius 1 is 0.600 bits per heavy atom. The lowest BCUT2D eigenvalue weighted by Crippen LogP contribution is -2.40. The molecule has 1 aliphatic rings. The van der Waals surface area contributed by atoms with E-state index in [9.17, 15) is 8.78 Å². The van der Waals surface area contributed by atoms with Crippen LogP contribution < -0.4 is 0 Å². The van der Waals surface area contributed by atoms with Gasteiger partial charge in [-0.3, -0.25) is 0 Å². The Labute approximate surface area is 118 Å². The van der Waals surface area contributed by atoms with E-state index in [1.807, 2.05) is 24.3 Å². The molecule has 1 fully saturated rings. The van der Waals surface area contributed by atoms with E-state index in [2.05, 4.69) is 13.8 Å². The van der Waals surface area contributed by atoms with Gasteiger partial charge in [0.15, 0.2) is 0 Å². The van der Waals surface area contributed by atoms with Crippen molar-refractivity contribution < 1.29 is 8.78 Å². The second-order valence-corrected chi connectivity index (χ2v) is 5.87. The standard InChI is InChI=1S/C18H18F2/c1-11-12(2)18(14-5-9-16(20)10-6-14)17(11)13-3-7-15(19)8-4-13/h3-12,17-18H,1-2H3/t11?,12?,17-,18?/m1/s1. The summed E-state index contributed by atoms with van der Waals surface area (Å²) < 4.78 is 26.1. The van der Waals surface area contributed by atoms with Gasteiger partial charge < -0.3 is 0 Å². The van der Waals surface area contributed by atoms with Crippen molar-refractivity contribution in [2.24, 2.45) is 11.8 Å². The number of benzene rings is 2. The van der Waals surface area contributed by atoms with E-state index in [-0.39, 0.29) is 11.6 Å². The Hall–Kier alpha value is -1.70. The lowest BCUT2D eigenvalue weighted by Gasteiger charge is -2.50. The maximum Gasteiger partial charge on any atom is 0.123 e. The van der Waals surface area contributed by atoms with Crippen molar-refractivity contribution in [3.8, 4) is 0 Å². The van der Waals surface area contributed by atoms with Gasteiger partial charge in [-0.2, -0.15) is 0 Å². The molecule has 3 unspecified atom stereocenters. The molecule has 0 radical (unpaired) electrons. The molecule has 0 saturated heterocycles. The summed E-state index contributed by atoms with van der Waals surface area (Å²) >= 11 is 0. The minimum atomic E-state index is -0.202. The average molecular weight is 272 g/mol. The number of halogens is 2. The highest BCUT2D eigenvalue weighted by Crippen LogP contribution is 2.57. The average Bonchev–Trinajstić information content (AvgIpc) is 2.46. The quantitative estimate of drug-likeness (QED) is 0.712. The molecule has 1 aliphatic carbocycles. The first kappa shape index (κ1) is 13.3. The van der Waals surface area contributed by atoms with Gasteiger partial charge in [-0.1, -0.05) is 38.1 Å². The van der Waals surface area contributed by atoms with Crippen molar-refractivity contribution in [3.05, 3.63) is 71.3 Å². The number of hydrogen-bond acceptors (Lipinski definition) is 0. The molecular formula is C18H18F2. The molecule has 0 aliphatic heterocycles. The fourth-order valence-electron chi connectivity index (χ4n) is 3.55. The zero-order valence-corrected chi connectivity index (χ0v) is 11.7. The molecule has 0 nitrogen and oxygen atoms in total. The summed E-state index contributed by atoms with van der Waals surface area (Å²) in [5.74, 6) is 1.47. The molecule has 1 saturated carbocycles. The van der Waals surface area contributed by atoms with Gasteiger partial charge >= 0.3 is 0 Å². The minimum absolute atomic E-state index is 0.202. The van der Waals surface area contributed by atoms with E-state index < -0.39 is 0 Å². The number of hydrogen-bond donors (Lipinski definition) is 0. The van der Waals surface area contributed by atoms with E-state index in [4.69, 9.17) is 0 Å². The van der Waals surface area contributed by atoms with Crippen LogP contribution in [0.5, 0.6) is 0 Å². The highest BCUT2D eigenvalue weighted by atomic mass is 19.1. The predicted octanol–water partition coefficient (Wildman–Crippen LogP) is 5.12. The highest BCUT2D eigenvalue weighted by molar-refractivity contribution is 5.34. The van der Waals surface area contributed by atoms with Gasteiger partial charge in [0, 0.05) is 0 Å². The zero-order chi connectivity index (χ0) is 14.3. The van der Waals surface area contributed by atoms with Crippen LogP contribution in [0.1, 0.15) is 36.8 Å². The Morgan fingerprint density at radius 2 is 0.900 bits per heavy atom. The van der Waals surface area contributed by atoms with Crippen LogP contribution in [0.15, 0.2) is 48.5 Å². The maximum atomic E-state index is 13.1. The third-order valence-electron chi connectivity index (χ3n) is 4.86. The smallest absolute Gasteiger partial charge is 0.123 e. The van der Waals surface area contributed by atoms with Crippen molar-refractivity contribution in [1.82, 2.24) is 0 Å². The van der Waals surface area contributed by atoms with Crippen LogP contribution in [0, 0.1) is 23.5 Å². The molecule has 20 heavy (non-hydrogen) atoms. The summed E-state index contributed by atoms with van der Waals surface area (Å²) in [5.41, 5.74) is 2.35. The van der Waals surface area contributed by atoms with Crippen LogP contribution in [0.25, 0.3) is 0 Å². The molecule has 0 aromatic heterocycles. The summed E-state index contributed by atoms with van der Waals surface area (Å²) in [6, 6.07) is 13.6. The van der Waals surface area contributed by atoms with E-state index in [0.29, 0.717) is 23.7 Å². The van der Waals surface area contributed by atoms with Crippen molar-refractivity contribution in [3.63, 3.8) is 0 Å². The number of rotatable bonds is 2. The van der Waals surface area contributed by atoms with Crippen LogP contribution in [0.4, 0.5) is 8.78 Å². The van der Waals surface area contributed by atoms with Crippen LogP contribution >= 0.6 is 0 Å².